The Morgan fingerprint density at radius 3 is 2.89 bits per heavy atom. The zero-order valence-electron chi connectivity index (χ0n) is 14.9. The molecule has 4 atom stereocenters. The molecular weight excluding hydrogens is 353 g/mol. The molecule has 0 saturated carbocycles. The van der Waals surface area contributed by atoms with Crippen LogP contribution >= 0.6 is 0 Å². The number of halogens is 1. The topological polar surface area (TPSA) is 78.9 Å². The molecule has 4 aliphatic heterocycles. The van der Waals surface area contributed by atoms with Gasteiger partial charge in [0.25, 0.3) is 0 Å². The van der Waals surface area contributed by atoms with Gasteiger partial charge in [0, 0.05) is 24.4 Å². The van der Waals surface area contributed by atoms with Crippen LogP contribution in [0.15, 0.2) is 18.2 Å². The molecule has 3 amide bonds. The molecule has 0 bridgehead atoms. The molecule has 8 heteroatoms. The van der Waals surface area contributed by atoms with Gasteiger partial charge >= 0.3 is 0 Å². The van der Waals surface area contributed by atoms with E-state index in [0.29, 0.717) is 17.8 Å². The number of nitrogens with zero attached hydrogens (tertiary/aromatic N) is 2. The van der Waals surface area contributed by atoms with E-state index in [-0.39, 0.29) is 36.9 Å². The average Bonchev–Trinajstić information content (AvgIpc) is 3.33. The van der Waals surface area contributed by atoms with Gasteiger partial charge in [-0.1, -0.05) is 0 Å². The van der Waals surface area contributed by atoms with Crippen molar-refractivity contribution < 1.29 is 23.5 Å². The summed E-state index contributed by atoms with van der Waals surface area (Å²) in [6, 6.07) is 3.97. The Morgan fingerprint density at radius 1 is 1.30 bits per heavy atom. The Morgan fingerprint density at radius 2 is 2.11 bits per heavy atom. The van der Waals surface area contributed by atoms with Gasteiger partial charge < -0.3 is 10.1 Å². The lowest BCUT2D eigenvalue weighted by atomic mass is 9.75. The van der Waals surface area contributed by atoms with Crippen LogP contribution in [0.1, 0.15) is 18.4 Å². The van der Waals surface area contributed by atoms with Crippen LogP contribution in [0.2, 0.25) is 0 Å². The zero-order valence-corrected chi connectivity index (χ0v) is 14.9. The molecule has 0 unspecified atom stereocenters. The molecule has 1 N–H and O–H groups in total. The van der Waals surface area contributed by atoms with Crippen molar-refractivity contribution in [2.45, 2.75) is 24.4 Å². The molecule has 1 aromatic carbocycles. The number of amides is 3. The van der Waals surface area contributed by atoms with Crippen LogP contribution in [0.3, 0.4) is 0 Å². The normalized spacial score (nSPS) is 34.4. The summed E-state index contributed by atoms with van der Waals surface area (Å²) < 4.78 is 19.1. The molecule has 4 heterocycles. The van der Waals surface area contributed by atoms with Crippen molar-refractivity contribution in [1.29, 1.82) is 0 Å². The minimum atomic E-state index is -1.31. The van der Waals surface area contributed by atoms with Gasteiger partial charge in [0.2, 0.25) is 17.7 Å². The maximum atomic E-state index is 14.1. The molecule has 3 saturated heterocycles. The van der Waals surface area contributed by atoms with Crippen molar-refractivity contribution in [3.63, 3.8) is 0 Å². The number of ether oxygens (including phenoxy) is 1. The first-order valence-corrected chi connectivity index (χ1v) is 9.24. The minimum absolute atomic E-state index is 0.168. The summed E-state index contributed by atoms with van der Waals surface area (Å²) >= 11 is 0. The second-order valence-electron chi connectivity index (χ2n) is 7.64. The summed E-state index contributed by atoms with van der Waals surface area (Å²) in [4.78, 5) is 42.8. The molecule has 0 aromatic heterocycles. The van der Waals surface area contributed by atoms with Crippen LogP contribution in [-0.4, -0.2) is 60.4 Å². The molecule has 0 aliphatic carbocycles. The van der Waals surface area contributed by atoms with Crippen LogP contribution in [0.25, 0.3) is 0 Å². The molecule has 1 aromatic rings. The van der Waals surface area contributed by atoms with E-state index in [9.17, 15) is 18.8 Å². The highest BCUT2D eigenvalue weighted by Gasteiger charge is 2.74. The highest BCUT2D eigenvalue weighted by molar-refractivity contribution is 6.15. The fourth-order valence-corrected chi connectivity index (χ4v) is 5.64. The third kappa shape index (κ3) is 1.89. The largest absolute Gasteiger partial charge is 0.383 e. The van der Waals surface area contributed by atoms with E-state index in [2.05, 4.69) is 5.32 Å². The lowest BCUT2D eigenvalue weighted by Gasteiger charge is -2.36. The Kier molecular flexibility index (Phi) is 3.48. The van der Waals surface area contributed by atoms with Crippen LogP contribution in [-0.2, 0) is 24.7 Å². The number of imide groups is 1. The minimum Gasteiger partial charge on any atom is -0.383 e. The number of likely N-dealkylation sites (tertiary alicyclic amines) is 1. The van der Waals surface area contributed by atoms with Gasteiger partial charge in [-0.15, -0.1) is 0 Å². The Balaban J connectivity index is 1.69. The standard InChI is InChI=1S/C19H20FN3O4/c1-27-8-7-22-16(24)14-13-3-2-6-23(13)19(15(14)17(22)25)11-9-10(20)4-5-12(11)21-18(19)26/h4-5,9,13-15H,2-3,6-8H2,1H3,(H,21,26)/t13-,14+,15-,19+/m0/s1. The smallest absolute Gasteiger partial charge is 0.250 e. The zero-order chi connectivity index (χ0) is 18.9. The summed E-state index contributed by atoms with van der Waals surface area (Å²) in [6.07, 6.45) is 1.59. The summed E-state index contributed by atoms with van der Waals surface area (Å²) in [5, 5.41) is 2.82. The van der Waals surface area contributed by atoms with Crippen molar-refractivity contribution >= 4 is 23.4 Å². The lowest BCUT2D eigenvalue weighted by molar-refractivity contribution is -0.146. The summed E-state index contributed by atoms with van der Waals surface area (Å²) in [6.45, 7) is 1.02. The fraction of sp³-hybridized carbons (Fsp3) is 0.526. The highest BCUT2D eigenvalue weighted by atomic mass is 19.1. The molecule has 5 rings (SSSR count). The van der Waals surface area contributed by atoms with Crippen molar-refractivity contribution in [2.24, 2.45) is 11.8 Å². The third-order valence-electron chi connectivity index (χ3n) is 6.56. The molecule has 1 spiro atoms. The predicted molar refractivity (Wildman–Crippen MR) is 92.0 cm³/mol. The second kappa shape index (κ2) is 5.59. The Labute approximate surface area is 155 Å². The van der Waals surface area contributed by atoms with Gasteiger partial charge in [0.1, 0.15) is 11.4 Å². The van der Waals surface area contributed by atoms with Crippen LogP contribution in [0.5, 0.6) is 0 Å². The monoisotopic (exact) mass is 373 g/mol. The number of methoxy groups -OCH3 is 1. The first kappa shape index (κ1) is 16.8. The predicted octanol–water partition coefficient (Wildman–Crippen LogP) is 0.699. The van der Waals surface area contributed by atoms with E-state index >= 15 is 0 Å². The maximum Gasteiger partial charge on any atom is 0.250 e. The highest BCUT2D eigenvalue weighted by Crippen LogP contribution is 2.60. The molecule has 7 nitrogen and oxygen atoms in total. The molecule has 27 heavy (non-hydrogen) atoms. The average molecular weight is 373 g/mol. The van der Waals surface area contributed by atoms with E-state index in [1.807, 2.05) is 4.90 Å². The fourth-order valence-electron chi connectivity index (χ4n) is 5.64. The van der Waals surface area contributed by atoms with Crippen molar-refractivity contribution in [3.05, 3.63) is 29.6 Å². The maximum absolute atomic E-state index is 14.1. The summed E-state index contributed by atoms with van der Waals surface area (Å²) in [5.74, 6) is -2.79. The van der Waals surface area contributed by atoms with E-state index in [1.165, 1.54) is 30.2 Å². The number of nitrogens with one attached hydrogen (secondary N) is 1. The van der Waals surface area contributed by atoms with Crippen LogP contribution < -0.4 is 5.32 Å². The number of fused-ring (bicyclic) bond motifs is 7. The van der Waals surface area contributed by atoms with Gasteiger partial charge in [-0.05, 0) is 37.6 Å². The molecule has 4 aliphatic rings. The van der Waals surface area contributed by atoms with E-state index < -0.39 is 23.2 Å². The van der Waals surface area contributed by atoms with Gasteiger partial charge in [-0.2, -0.15) is 0 Å². The van der Waals surface area contributed by atoms with Gasteiger partial charge in [0.05, 0.1) is 25.0 Å². The number of hydrogen-bond donors (Lipinski definition) is 1. The van der Waals surface area contributed by atoms with Gasteiger partial charge in [0.15, 0.2) is 0 Å². The number of benzene rings is 1. The first-order valence-electron chi connectivity index (χ1n) is 9.24. The number of carbonyl (C=O) groups is 3. The van der Waals surface area contributed by atoms with Crippen molar-refractivity contribution in [3.8, 4) is 0 Å². The number of carbonyl (C=O) groups excluding carboxylic acids is 3. The molecular formula is C19H20FN3O4. The van der Waals surface area contributed by atoms with Gasteiger partial charge in [-0.3, -0.25) is 24.2 Å². The first-order chi connectivity index (χ1) is 13.0. The molecule has 142 valence electrons. The second-order valence-corrected chi connectivity index (χ2v) is 7.64. The van der Waals surface area contributed by atoms with E-state index in [4.69, 9.17) is 4.74 Å². The Hall–Kier alpha value is -2.32. The summed E-state index contributed by atoms with van der Waals surface area (Å²) in [7, 11) is 1.51. The number of anilines is 1. The van der Waals surface area contributed by atoms with E-state index in [1.54, 1.807) is 0 Å². The lowest BCUT2D eigenvalue weighted by Crippen LogP contribution is -2.54. The third-order valence-corrected chi connectivity index (χ3v) is 6.56. The van der Waals surface area contributed by atoms with Crippen molar-refractivity contribution in [1.82, 2.24) is 9.80 Å². The van der Waals surface area contributed by atoms with Crippen molar-refractivity contribution in [2.75, 3.05) is 32.1 Å². The molecule has 3 fully saturated rings. The Bertz CT molecular complexity index is 875. The SMILES string of the molecule is COCCN1C(=O)[C@H]2[C@@H](C1=O)[C@]1(C(=O)Nc3ccc(F)cc31)N1CCC[C@@H]21. The number of hydrogen-bond acceptors (Lipinski definition) is 5. The number of rotatable bonds is 3. The van der Waals surface area contributed by atoms with Crippen LogP contribution in [0, 0.1) is 17.7 Å². The van der Waals surface area contributed by atoms with E-state index in [0.717, 1.165) is 12.8 Å². The van der Waals surface area contributed by atoms with Crippen LogP contribution in [0.4, 0.5) is 10.1 Å². The summed E-state index contributed by atoms with van der Waals surface area (Å²) in [5.41, 5.74) is -0.317. The molecule has 0 radical (unpaired) electrons. The quantitative estimate of drug-likeness (QED) is 0.789. The van der Waals surface area contributed by atoms with Gasteiger partial charge in [-0.25, -0.2) is 4.39 Å².